The van der Waals surface area contributed by atoms with E-state index in [9.17, 15) is 18.7 Å². The van der Waals surface area contributed by atoms with Crippen LogP contribution in [0.25, 0.3) is 22.3 Å². The smallest absolute Gasteiger partial charge is 0.335 e. The van der Waals surface area contributed by atoms with Crippen LogP contribution in [0.15, 0.2) is 66.7 Å². The van der Waals surface area contributed by atoms with Crippen molar-refractivity contribution in [3.05, 3.63) is 112 Å². The number of rotatable bonds is 11. The molecule has 3 aromatic carbocycles. The van der Waals surface area contributed by atoms with Gasteiger partial charge in [-0.2, -0.15) is 5.26 Å². The second-order valence-electron chi connectivity index (χ2n) is 9.84. The Kier molecular flexibility index (Phi) is 8.87. The van der Waals surface area contributed by atoms with E-state index in [1.807, 2.05) is 6.07 Å². The van der Waals surface area contributed by atoms with Crippen LogP contribution in [0.1, 0.15) is 38.9 Å². The number of fused-ring (bicyclic) bond motifs is 1. The average molecular weight is 605 g/mol. The Hall–Kier alpha value is -5.28. The zero-order chi connectivity index (χ0) is 31.4. The van der Waals surface area contributed by atoms with Gasteiger partial charge in [-0.15, -0.1) is 0 Å². The molecule has 2 aromatic heterocycles. The minimum Gasteiger partial charge on any atom is -0.478 e. The average Bonchev–Trinajstić information content (AvgIpc) is 3.37. The lowest BCUT2D eigenvalue weighted by molar-refractivity contribution is 0.0697. The molecule has 1 atom stereocenters. The lowest BCUT2D eigenvalue weighted by Gasteiger charge is -2.19. The van der Waals surface area contributed by atoms with Gasteiger partial charge in [0.15, 0.2) is 0 Å². The molecule has 224 valence electrons. The van der Waals surface area contributed by atoms with E-state index in [-0.39, 0.29) is 64.9 Å². The van der Waals surface area contributed by atoms with Gasteiger partial charge >= 0.3 is 5.97 Å². The van der Waals surface area contributed by atoms with Crippen LogP contribution < -0.4 is 4.74 Å². The third-order valence-electron chi connectivity index (χ3n) is 6.95. The number of nitriles is 1. The molecule has 0 unspecified atom stereocenters. The third-order valence-corrected chi connectivity index (χ3v) is 6.95. The number of pyridine rings is 1. The molecule has 12 heteroatoms. The van der Waals surface area contributed by atoms with E-state index in [1.54, 1.807) is 0 Å². The van der Waals surface area contributed by atoms with Crippen LogP contribution in [0.3, 0.4) is 0 Å². The summed E-state index contributed by atoms with van der Waals surface area (Å²) in [7, 11) is 1.39. The number of halogens is 4. The highest BCUT2D eigenvalue weighted by atomic mass is 19.1. The summed E-state index contributed by atoms with van der Waals surface area (Å²) in [6.45, 7) is -1.15. The van der Waals surface area contributed by atoms with E-state index in [0.29, 0.717) is 11.0 Å². The Morgan fingerprint density at radius 3 is 2.50 bits per heavy atom. The summed E-state index contributed by atoms with van der Waals surface area (Å²) in [4.78, 5) is 20.3. The van der Waals surface area contributed by atoms with Crippen LogP contribution in [0, 0.1) is 28.8 Å². The SMILES string of the molecule is COC[C@@H](CF)n1c(Cc2cc(F)c(-c3cccc(OCc4ccc(C#N)cc4F)n3)cc2F)nc2ccc(C(=O)O)cc21. The Bertz CT molecular complexity index is 1900. The normalized spacial score (nSPS) is 11.8. The number of benzene rings is 3. The largest absolute Gasteiger partial charge is 0.478 e. The van der Waals surface area contributed by atoms with E-state index in [1.165, 1.54) is 60.2 Å². The Morgan fingerprint density at radius 1 is 1.00 bits per heavy atom. The molecule has 0 saturated carbocycles. The van der Waals surface area contributed by atoms with E-state index in [0.717, 1.165) is 18.2 Å². The minimum atomic E-state index is -1.18. The molecule has 1 N–H and O–H groups in total. The van der Waals surface area contributed by atoms with E-state index in [2.05, 4.69) is 9.97 Å². The van der Waals surface area contributed by atoms with Crippen molar-refractivity contribution in [2.75, 3.05) is 20.4 Å². The monoisotopic (exact) mass is 604 g/mol. The van der Waals surface area contributed by atoms with Gasteiger partial charge < -0.3 is 19.1 Å². The highest BCUT2D eigenvalue weighted by Gasteiger charge is 2.23. The standard InChI is InChI=1S/C32H24F4N4O4/c1-43-17-22(14-33)40-29-11-19(32(41)42)7-8-28(29)38-30(40)12-21-10-26(36)23(13-25(21)35)27-3-2-4-31(39-27)44-16-20-6-5-18(15-37)9-24(20)34/h2-11,13,22H,12,14,16-17H2,1H3,(H,41,42)/t22-/m1/s1. The summed E-state index contributed by atoms with van der Waals surface area (Å²) in [5, 5.41) is 18.3. The number of aromatic nitrogens is 3. The fraction of sp³-hybridized carbons (Fsp3) is 0.188. The van der Waals surface area contributed by atoms with Crippen LogP contribution in [-0.4, -0.2) is 46.0 Å². The lowest BCUT2D eigenvalue weighted by Crippen LogP contribution is -2.19. The van der Waals surface area contributed by atoms with Crippen molar-refractivity contribution in [3.63, 3.8) is 0 Å². The molecule has 0 amide bonds. The van der Waals surface area contributed by atoms with Crippen LogP contribution in [0.4, 0.5) is 17.6 Å². The molecule has 0 bridgehead atoms. The molecular formula is C32H24F4N4O4. The van der Waals surface area contributed by atoms with Crippen LogP contribution in [-0.2, 0) is 17.8 Å². The summed E-state index contributed by atoms with van der Waals surface area (Å²) in [5.74, 6) is -3.14. The van der Waals surface area contributed by atoms with Crippen molar-refractivity contribution < 1.29 is 36.9 Å². The molecule has 0 aliphatic carbocycles. The predicted octanol–water partition coefficient (Wildman–Crippen LogP) is 6.41. The first kappa shape index (κ1) is 30.2. The van der Waals surface area contributed by atoms with Crippen molar-refractivity contribution in [3.8, 4) is 23.2 Å². The fourth-order valence-corrected chi connectivity index (χ4v) is 4.81. The zero-order valence-corrected chi connectivity index (χ0v) is 23.2. The number of alkyl halides is 1. The van der Waals surface area contributed by atoms with Crippen molar-refractivity contribution >= 4 is 17.0 Å². The molecule has 0 radical (unpaired) electrons. The number of nitrogens with zero attached hydrogens (tertiary/aromatic N) is 4. The molecule has 8 nitrogen and oxygen atoms in total. The first-order valence-electron chi connectivity index (χ1n) is 13.3. The zero-order valence-electron chi connectivity index (χ0n) is 23.2. The van der Waals surface area contributed by atoms with Gasteiger partial charge in [0.2, 0.25) is 5.88 Å². The molecule has 0 aliphatic heterocycles. The predicted molar refractivity (Wildman–Crippen MR) is 151 cm³/mol. The number of hydrogen-bond acceptors (Lipinski definition) is 6. The highest BCUT2D eigenvalue weighted by molar-refractivity contribution is 5.92. The molecule has 0 fully saturated rings. The molecular weight excluding hydrogens is 580 g/mol. The maximum atomic E-state index is 15.5. The van der Waals surface area contributed by atoms with Gasteiger partial charge in [0.1, 0.15) is 36.6 Å². The summed E-state index contributed by atoms with van der Waals surface area (Å²) in [6.07, 6.45) is -0.229. The van der Waals surface area contributed by atoms with Gasteiger partial charge in [-0.3, -0.25) is 0 Å². The summed E-state index contributed by atoms with van der Waals surface area (Å²) < 4.78 is 71.4. The Labute approximate surface area is 248 Å². The molecule has 5 rings (SSSR count). The first-order valence-corrected chi connectivity index (χ1v) is 13.3. The van der Waals surface area contributed by atoms with Crippen molar-refractivity contribution in [2.45, 2.75) is 19.1 Å². The van der Waals surface area contributed by atoms with Crippen LogP contribution >= 0.6 is 0 Å². The number of carboxylic acid groups (broad SMARTS) is 1. The maximum absolute atomic E-state index is 15.5. The number of methoxy groups -OCH3 is 1. The minimum absolute atomic E-state index is 0.0393. The van der Waals surface area contributed by atoms with Gasteiger partial charge in [-0.25, -0.2) is 32.3 Å². The Morgan fingerprint density at radius 2 is 1.80 bits per heavy atom. The quantitative estimate of drug-likeness (QED) is 0.174. The number of carbonyl (C=O) groups is 1. The molecule has 5 aromatic rings. The number of hydrogen-bond donors (Lipinski definition) is 1. The van der Waals surface area contributed by atoms with Crippen LogP contribution in [0.5, 0.6) is 5.88 Å². The van der Waals surface area contributed by atoms with Gasteiger partial charge in [0.05, 0.1) is 46.6 Å². The van der Waals surface area contributed by atoms with Gasteiger partial charge in [-0.1, -0.05) is 12.1 Å². The van der Waals surface area contributed by atoms with E-state index < -0.39 is 36.1 Å². The van der Waals surface area contributed by atoms with Crippen molar-refractivity contribution in [1.82, 2.24) is 14.5 Å². The number of imidazole rings is 1. The Balaban J connectivity index is 1.44. The third kappa shape index (κ3) is 6.23. The van der Waals surface area contributed by atoms with Crippen molar-refractivity contribution in [2.24, 2.45) is 0 Å². The number of ether oxygens (including phenoxy) is 2. The highest BCUT2D eigenvalue weighted by Crippen LogP contribution is 2.30. The molecule has 44 heavy (non-hydrogen) atoms. The van der Waals surface area contributed by atoms with Crippen LogP contribution in [0.2, 0.25) is 0 Å². The molecule has 0 saturated heterocycles. The molecule has 0 aliphatic rings. The van der Waals surface area contributed by atoms with Gasteiger partial charge in [-0.05, 0) is 54.1 Å². The van der Waals surface area contributed by atoms with Gasteiger partial charge in [0, 0.05) is 30.7 Å². The number of carboxylic acids is 1. The topological polar surface area (TPSA) is 110 Å². The second-order valence-corrected chi connectivity index (χ2v) is 9.84. The van der Waals surface area contributed by atoms with Gasteiger partial charge in [0.25, 0.3) is 0 Å². The first-order chi connectivity index (χ1) is 21.2. The van der Waals surface area contributed by atoms with E-state index in [4.69, 9.17) is 14.7 Å². The lowest BCUT2D eigenvalue weighted by atomic mass is 10.0. The second kappa shape index (κ2) is 12.9. The fourth-order valence-electron chi connectivity index (χ4n) is 4.81. The number of aromatic carboxylic acids is 1. The maximum Gasteiger partial charge on any atom is 0.335 e. The molecule has 0 spiro atoms. The summed E-state index contributed by atoms with van der Waals surface area (Å²) in [6, 6.07) is 15.5. The summed E-state index contributed by atoms with van der Waals surface area (Å²) in [5.41, 5.74) is 0.830. The molecule has 2 heterocycles. The van der Waals surface area contributed by atoms with Crippen molar-refractivity contribution in [1.29, 1.82) is 5.26 Å². The van der Waals surface area contributed by atoms with E-state index >= 15 is 8.78 Å². The summed E-state index contributed by atoms with van der Waals surface area (Å²) >= 11 is 0.